The van der Waals surface area contributed by atoms with Crippen LogP contribution in [0.3, 0.4) is 0 Å². The average molecular weight is 269 g/mol. The van der Waals surface area contributed by atoms with E-state index in [1.165, 1.54) is 0 Å². The summed E-state index contributed by atoms with van der Waals surface area (Å²) < 4.78 is 10.8. The van der Waals surface area contributed by atoms with Crippen molar-refractivity contribution < 1.29 is 9.15 Å². The molecule has 17 heavy (non-hydrogen) atoms. The Balaban J connectivity index is 1.61. The topological polar surface area (TPSA) is 22.4 Å². The number of thioether (sulfide) groups is 1. The van der Waals surface area contributed by atoms with Crippen LogP contribution in [-0.2, 0) is 5.75 Å². The summed E-state index contributed by atoms with van der Waals surface area (Å²) in [5, 5.41) is 0.726. The number of benzene rings is 1. The van der Waals surface area contributed by atoms with Gasteiger partial charge in [-0.05, 0) is 36.4 Å². The molecule has 2 aromatic rings. The third-order valence-electron chi connectivity index (χ3n) is 2.13. The Morgan fingerprint density at radius 3 is 2.71 bits per heavy atom. The summed E-state index contributed by atoms with van der Waals surface area (Å²) >= 11 is 7.57. The van der Waals surface area contributed by atoms with E-state index in [4.69, 9.17) is 20.8 Å². The monoisotopic (exact) mass is 268 g/mol. The van der Waals surface area contributed by atoms with Crippen LogP contribution in [0.1, 0.15) is 5.76 Å². The summed E-state index contributed by atoms with van der Waals surface area (Å²) in [5.41, 5.74) is 0. The summed E-state index contributed by atoms with van der Waals surface area (Å²) in [5.74, 6) is 3.68. The first kappa shape index (κ1) is 12.4. The molecule has 2 rings (SSSR count). The molecule has 0 bridgehead atoms. The molecule has 0 aliphatic heterocycles. The molecule has 0 N–H and O–H groups in total. The van der Waals surface area contributed by atoms with Gasteiger partial charge in [0.1, 0.15) is 11.5 Å². The van der Waals surface area contributed by atoms with Gasteiger partial charge in [-0.2, -0.15) is 11.8 Å². The van der Waals surface area contributed by atoms with Gasteiger partial charge in [0.15, 0.2) is 0 Å². The fourth-order valence-electron chi connectivity index (χ4n) is 1.32. The summed E-state index contributed by atoms with van der Waals surface area (Å²) in [4.78, 5) is 0. The van der Waals surface area contributed by atoms with Crippen molar-refractivity contribution in [1.82, 2.24) is 0 Å². The van der Waals surface area contributed by atoms with Crippen LogP contribution in [0, 0.1) is 0 Å². The number of halogens is 1. The van der Waals surface area contributed by atoms with Crippen LogP contribution in [-0.4, -0.2) is 12.4 Å². The lowest BCUT2D eigenvalue weighted by Crippen LogP contribution is -2.00. The molecule has 0 unspecified atom stereocenters. The number of hydrogen-bond acceptors (Lipinski definition) is 3. The van der Waals surface area contributed by atoms with E-state index < -0.39 is 0 Å². The van der Waals surface area contributed by atoms with Crippen LogP contribution >= 0.6 is 23.4 Å². The van der Waals surface area contributed by atoms with E-state index in [-0.39, 0.29) is 0 Å². The maximum absolute atomic E-state index is 5.78. The third kappa shape index (κ3) is 4.36. The standard InChI is InChI=1S/C13H13ClO2S/c14-11-3-5-12(6-4-11)16-8-9-17-10-13-2-1-7-15-13/h1-7H,8-10H2. The third-order valence-corrected chi connectivity index (χ3v) is 3.33. The molecule has 4 heteroatoms. The molecule has 0 aliphatic carbocycles. The van der Waals surface area contributed by atoms with E-state index in [0.717, 1.165) is 28.0 Å². The fraction of sp³-hybridized carbons (Fsp3) is 0.231. The maximum atomic E-state index is 5.78. The van der Waals surface area contributed by atoms with Crippen molar-refractivity contribution in [2.75, 3.05) is 12.4 Å². The molecule has 0 saturated carbocycles. The van der Waals surface area contributed by atoms with Crippen LogP contribution in [0.2, 0.25) is 5.02 Å². The second-order valence-corrected chi connectivity index (χ2v) is 4.98. The van der Waals surface area contributed by atoms with Crippen LogP contribution in [0.15, 0.2) is 47.1 Å². The molecule has 0 amide bonds. The van der Waals surface area contributed by atoms with Crippen molar-refractivity contribution in [3.8, 4) is 5.75 Å². The lowest BCUT2D eigenvalue weighted by molar-refractivity contribution is 0.344. The van der Waals surface area contributed by atoms with Gasteiger partial charge in [-0.25, -0.2) is 0 Å². The van der Waals surface area contributed by atoms with Crippen LogP contribution < -0.4 is 4.74 Å². The van der Waals surface area contributed by atoms with Gasteiger partial charge in [0.05, 0.1) is 18.6 Å². The first-order chi connectivity index (χ1) is 8.34. The molecule has 0 saturated heterocycles. The SMILES string of the molecule is Clc1ccc(OCCSCc2ccco2)cc1. The van der Waals surface area contributed by atoms with Crippen molar-refractivity contribution in [3.05, 3.63) is 53.4 Å². The summed E-state index contributed by atoms with van der Waals surface area (Å²) in [7, 11) is 0. The lowest BCUT2D eigenvalue weighted by atomic mass is 10.3. The molecule has 0 atom stereocenters. The smallest absolute Gasteiger partial charge is 0.119 e. The van der Waals surface area contributed by atoms with Crippen LogP contribution in [0.25, 0.3) is 0 Å². The number of rotatable bonds is 6. The highest BCUT2D eigenvalue weighted by molar-refractivity contribution is 7.98. The van der Waals surface area contributed by atoms with Gasteiger partial charge >= 0.3 is 0 Å². The fourth-order valence-corrected chi connectivity index (χ4v) is 2.15. The predicted molar refractivity (Wildman–Crippen MR) is 71.8 cm³/mol. The minimum absolute atomic E-state index is 0.688. The van der Waals surface area contributed by atoms with Crippen molar-refractivity contribution >= 4 is 23.4 Å². The normalized spacial score (nSPS) is 10.4. The Hall–Kier alpha value is -1.06. The van der Waals surface area contributed by atoms with E-state index in [1.807, 2.05) is 36.4 Å². The first-order valence-corrected chi connectivity index (χ1v) is 6.86. The van der Waals surface area contributed by atoms with Gasteiger partial charge in [-0.1, -0.05) is 11.6 Å². The minimum atomic E-state index is 0.688. The van der Waals surface area contributed by atoms with E-state index in [0.29, 0.717) is 6.61 Å². The molecule has 0 fully saturated rings. The quantitative estimate of drug-likeness (QED) is 0.732. The van der Waals surface area contributed by atoms with E-state index >= 15 is 0 Å². The van der Waals surface area contributed by atoms with Crippen molar-refractivity contribution in [2.45, 2.75) is 5.75 Å². The van der Waals surface area contributed by atoms with E-state index in [2.05, 4.69) is 0 Å². The number of furan rings is 1. The molecule has 1 aromatic heterocycles. The number of ether oxygens (including phenoxy) is 1. The van der Waals surface area contributed by atoms with Gasteiger partial charge in [-0.3, -0.25) is 0 Å². The van der Waals surface area contributed by atoms with Gasteiger partial charge in [0.25, 0.3) is 0 Å². The second kappa shape index (κ2) is 6.62. The summed E-state index contributed by atoms with van der Waals surface area (Å²) in [6, 6.07) is 11.3. The van der Waals surface area contributed by atoms with E-state index in [9.17, 15) is 0 Å². The Bertz CT molecular complexity index is 425. The van der Waals surface area contributed by atoms with Crippen molar-refractivity contribution in [1.29, 1.82) is 0 Å². The van der Waals surface area contributed by atoms with E-state index in [1.54, 1.807) is 18.0 Å². The summed E-state index contributed by atoms with van der Waals surface area (Å²) in [6.45, 7) is 0.688. The van der Waals surface area contributed by atoms with Gasteiger partial charge in [0, 0.05) is 10.8 Å². The van der Waals surface area contributed by atoms with Gasteiger partial charge in [0.2, 0.25) is 0 Å². The summed E-state index contributed by atoms with van der Waals surface area (Å²) in [6.07, 6.45) is 1.69. The highest BCUT2D eigenvalue weighted by Crippen LogP contribution is 2.16. The molecule has 0 radical (unpaired) electrons. The molecule has 1 heterocycles. The molecular weight excluding hydrogens is 256 g/mol. The number of hydrogen-bond donors (Lipinski definition) is 0. The highest BCUT2D eigenvalue weighted by atomic mass is 35.5. The molecule has 0 aliphatic rings. The van der Waals surface area contributed by atoms with Crippen molar-refractivity contribution in [2.24, 2.45) is 0 Å². The Labute approximate surface area is 110 Å². The second-order valence-electron chi connectivity index (χ2n) is 3.43. The highest BCUT2D eigenvalue weighted by Gasteiger charge is 1.97. The molecule has 2 nitrogen and oxygen atoms in total. The first-order valence-electron chi connectivity index (χ1n) is 5.33. The predicted octanol–water partition coefficient (Wildman–Crippen LogP) is 4.25. The maximum Gasteiger partial charge on any atom is 0.119 e. The van der Waals surface area contributed by atoms with Crippen LogP contribution in [0.4, 0.5) is 0 Å². The zero-order chi connectivity index (χ0) is 11.9. The molecule has 1 aromatic carbocycles. The largest absolute Gasteiger partial charge is 0.493 e. The Morgan fingerprint density at radius 2 is 2.00 bits per heavy atom. The average Bonchev–Trinajstić information content (AvgIpc) is 2.84. The Kier molecular flexibility index (Phi) is 4.83. The molecular formula is C13H13ClO2S. The minimum Gasteiger partial charge on any atom is -0.493 e. The van der Waals surface area contributed by atoms with Gasteiger partial charge in [-0.15, -0.1) is 0 Å². The zero-order valence-corrected chi connectivity index (χ0v) is 10.8. The van der Waals surface area contributed by atoms with Crippen LogP contribution in [0.5, 0.6) is 5.75 Å². The van der Waals surface area contributed by atoms with Crippen molar-refractivity contribution in [3.63, 3.8) is 0 Å². The zero-order valence-electron chi connectivity index (χ0n) is 9.27. The lowest BCUT2D eigenvalue weighted by Gasteiger charge is -2.05. The van der Waals surface area contributed by atoms with Gasteiger partial charge < -0.3 is 9.15 Å². The molecule has 0 spiro atoms. The molecule has 90 valence electrons. The Morgan fingerprint density at radius 1 is 1.18 bits per heavy atom.